The fourth-order valence-electron chi connectivity index (χ4n) is 2.38. The summed E-state index contributed by atoms with van der Waals surface area (Å²) < 4.78 is 26.2. The highest BCUT2D eigenvalue weighted by Gasteiger charge is 2.25. The van der Waals surface area contributed by atoms with Gasteiger partial charge in [0.15, 0.2) is 0 Å². The predicted octanol–water partition coefficient (Wildman–Crippen LogP) is 0.385. The standard InChI is InChI=1S/C14H20N2O4S/c17-13-9-5-4-8-12(13)16-14(18)10-15-21(19,20)11-6-2-1-3-7-11/h1-3,6-7,12-13,15,17H,4-5,8-10H2,(H,16,18)/t12-,13-/m1/s1. The Morgan fingerprint density at radius 3 is 2.52 bits per heavy atom. The molecule has 1 fully saturated rings. The van der Waals surface area contributed by atoms with Crippen LogP contribution in [0.3, 0.4) is 0 Å². The summed E-state index contributed by atoms with van der Waals surface area (Å²) in [7, 11) is -3.68. The Labute approximate surface area is 124 Å². The number of aliphatic hydroxyl groups excluding tert-OH is 1. The number of amides is 1. The van der Waals surface area contributed by atoms with E-state index in [1.807, 2.05) is 0 Å². The van der Waals surface area contributed by atoms with Crippen molar-refractivity contribution in [3.63, 3.8) is 0 Å². The summed E-state index contributed by atoms with van der Waals surface area (Å²) in [5.74, 6) is -0.430. The van der Waals surface area contributed by atoms with Gasteiger partial charge in [-0.3, -0.25) is 4.79 Å². The summed E-state index contributed by atoms with van der Waals surface area (Å²) in [5, 5.41) is 12.4. The maximum Gasteiger partial charge on any atom is 0.241 e. The lowest BCUT2D eigenvalue weighted by Crippen LogP contribution is -2.48. The van der Waals surface area contributed by atoms with Gasteiger partial charge in [-0.25, -0.2) is 13.1 Å². The van der Waals surface area contributed by atoms with Crippen LogP contribution >= 0.6 is 0 Å². The largest absolute Gasteiger partial charge is 0.391 e. The van der Waals surface area contributed by atoms with E-state index in [4.69, 9.17) is 0 Å². The molecule has 0 aromatic heterocycles. The molecule has 2 atom stereocenters. The molecule has 1 aromatic carbocycles. The average molecular weight is 312 g/mol. The normalized spacial score (nSPS) is 22.7. The summed E-state index contributed by atoms with van der Waals surface area (Å²) >= 11 is 0. The van der Waals surface area contributed by atoms with Crippen LogP contribution in [0.25, 0.3) is 0 Å². The monoisotopic (exact) mass is 312 g/mol. The molecule has 6 nitrogen and oxygen atoms in total. The van der Waals surface area contributed by atoms with E-state index in [2.05, 4.69) is 10.0 Å². The molecule has 1 saturated carbocycles. The Balaban J connectivity index is 1.86. The summed E-state index contributed by atoms with van der Waals surface area (Å²) in [6.07, 6.45) is 2.75. The number of rotatable bonds is 5. The minimum Gasteiger partial charge on any atom is -0.391 e. The van der Waals surface area contributed by atoms with Crippen molar-refractivity contribution >= 4 is 15.9 Å². The highest BCUT2D eigenvalue weighted by molar-refractivity contribution is 7.89. The van der Waals surface area contributed by atoms with E-state index < -0.39 is 22.0 Å². The Morgan fingerprint density at radius 2 is 1.86 bits per heavy atom. The van der Waals surface area contributed by atoms with E-state index in [1.54, 1.807) is 18.2 Å². The van der Waals surface area contributed by atoms with Gasteiger partial charge in [0.05, 0.1) is 23.6 Å². The van der Waals surface area contributed by atoms with Gasteiger partial charge in [0.1, 0.15) is 0 Å². The molecule has 116 valence electrons. The van der Waals surface area contributed by atoms with Gasteiger partial charge in [-0.05, 0) is 25.0 Å². The van der Waals surface area contributed by atoms with E-state index in [0.717, 1.165) is 19.3 Å². The zero-order valence-electron chi connectivity index (χ0n) is 11.7. The minimum atomic E-state index is -3.68. The summed E-state index contributed by atoms with van der Waals surface area (Å²) in [6, 6.07) is 7.60. The zero-order valence-corrected chi connectivity index (χ0v) is 12.5. The first-order valence-electron chi connectivity index (χ1n) is 7.01. The number of aliphatic hydroxyl groups is 1. The van der Waals surface area contributed by atoms with Gasteiger partial charge in [-0.1, -0.05) is 31.0 Å². The van der Waals surface area contributed by atoms with Crippen LogP contribution in [0, 0.1) is 0 Å². The Bertz CT molecular complexity index is 574. The number of benzene rings is 1. The Hall–Kier alpha value is -1.44. The molecule has 3 N–H and O–H groups in total. The molecular formula is C14H20N2O4S. The fourth-order valence-corrected chi connectivity index (χ4v) is 3.38. The van der Waals surface area contributed by atoms with Crippen LogP contribution in [-0.4, -0.2) is 38.1 Å². The van der Waals surface area contributed by atoms with Crippen LogP contribution in [0.2, 0.25) is 0 Å². The van der Waals surface area contributed by atoms with Gasteiger partial charge in [-0.2, -0.15) is 0 Å². The van der Waals surface area contributed by atoms with Crippen molar-refractivity contribution in [1.82, 2.24) is 10.0 Å². The highest BCUT2D eigenvalue weighted by Crippen LogP contribution is 2.18. The molecule has 0 saturated heterocycles. The number of hydrogen-bond donors (Lipinski definition) is 3. The van der Waals surface area contributed by atoms with Crippen molar-refractivity contribution in [2.75, 3.05) is 6.54 Å². The van der Waals surface area contributed by atoms with Gasteiger partial charge in [0, 0.05) is 0 Å². The lowest BCUT2D eigenvalue weighted by atomic mass is 9.92. The van der Waals surface area contributed by atoms with Crippen molar-refractivity contribution in [3.8, 4) is 0 Å². The van der Waals surface area contributed by atoms with Gasteiger partial charge in [-0.15, -0.1) is 0 Å². The number of carbonyl (C=O) groups is 1. The third kappa shape index (κ3) is 4.52. The molecule has 1 aromatic rings. The molecule has 21 heavy (non-hydrogen) atoms. The van der Waals surface area contributed by atoms with E-state index >= 15 is 0 Å². The van der Waals surface area contributed by atoms with Gasteiger partial charge >= 0.3 is 0 Å². The maximum atomic E-state index is 12.0. The van der Waals surface area contributed by atoms with Crippen molar-refractivity contribution in [1.29, 1.82) is 0 Å². The molecule has 1 aliphatic carbocycles. The van der Waals surface area contributed by atoms with Crippen molar-refractivity contribution in [3.05, 3.63) is 30.3 Å². The SMILES string of the molecule is O=C(CNS(=O)(=O)c1ccccc1)N[C@@H]1CCCC[C@H]1O. The quantitative estimate of drug-likeness (QED) is 0.732. The smallest absolute Gasteiger partial charge is 0.241 e. The second-order valence-corrected chi connectivity index (χ2v) is 6.93. The van der Waals surface area contributed by atoms with E-state index in [0.29, 0.717) is 6.42 Å². The van der Waals surface area contributed by atoms with E-state index in [9.17, 15) is 18.3 Å². The molecule has 1 aliphatic rings. The number of nitrogens with one attached hydrogen (secondary N) is 2. The molecule has 0 bridgehead atoms. The number of sulfonamides is 1. The van der Waals surface area contributed by atoms with Crippen molar-refractivity contribution < 1.29 is 18.3 Å². The lowest BCUT2D eigenvalue weighted by molar-refractivity contribution is -0.121. The van der Waals surface area contributed by atoms with Crippen LogP contribution in [-0.2, 0) is 14.8 Å². The van der Waals surface area contributed by atoms with Gasteiger partial charge in [0.25, 0.3) is 0 Å². The molecule has 1 amide bonds. The topological polar surface area (TPSA) is 95.5 Å². The second-order valence-electron chi connectivity index (χ2n) is 5.16. The Kier molecular flexibility index (Phi) is 5.33. The first-order chi connectivity index (χ1) is 9.99. The molecule has 0 heterocycles. The minimum absolute atomic E-state index is 0.121. The molecular weight excluding hydrogens is 292 g/mol. The van der Waals surface area contributed by atoms with Crippen LogP contribution < -0.4 is 10.0 Å². The van der Waals surface area contributed by atoms with Crippen LogP contribution in [0.5, 0.6) is 0 Å². The molecule has 0 aliphatic heterocycles. The Morgan fingerprint density at radius 1 is 1.19 bits per heavy atom. The molecule has 2 rings (SSSR count). The lowest BCUT2D eigenvalue weighted by Gasteiger charge is -2.28. The second kappa shape index (κ2) is 7.02. The summed E-state index contributed by atoms with van der Waals surface area (Å²) in [4.78, 5) is 11.9. The third-order valence-electron chi connectivity index (χ3n) is 3.55. The van der Waals surface area contributed by atoms with Gasteiger partial charge in [0.2, 0.25) is 15.9 Å². The third-order valence-corrected chi connectivity index (χ3v) is 4.97. The van der Waals surface area contributed by atoms with Crippen molar-refractivity contribution in [2.45, 2.75) is 42.7 Å². The number of hydrogen-bond acceptors (Lipinski definition) is 4. The van der Waals surface area contributed by atoms with Crippen LogP contribution in [0.1, 0.15) is 25.7 Å². The average Bonchev–Trinajstić information content (AvgIpc) is 2.49. The van der Waals surface area contributed by atoms with Crippen LogP contribution in [0.15, 0.2) is 35.2 Å². The highest BCUT2D eigenvalue weighted by atomic mass is 32.2. The summed E-state index contributed by atoms with van der Waals surface area (Å²) in [5.41, 5.74) is 0. The first-order valence-corrected chi connectivity index (χ1v) is 8.49. The first kappa shape index (κ1) is 15.9. The molecule has 0 spiro atoms. The van der Waals surface area contributed by atoms with Crippen LogP contribution in [0.4, 0.5) is 0 Å². The molecule has 7 heteroatoms. The molecule has 0 unspecified atom stereocenters. The predicted molar refractivity (Wildman–Crippen MR) is 78.0 cm³/mol. The summed E-state index contributed by atoms with van der Waals surface area (Å²) in [6.45, 7) is -0.333. The fraction of sp³-hybridized carbons (Fsp3) is 0.500. The maximum absolute atomic E-state index is 12.0. The van der Waals surface area contributed by atoms with Crippen molar-refractivity contribution in [2.24, 2.45) is 0 Å². The van der Waals surface area contributed by atoms with Gasteiger partial charge < -0.3 is 10.4 Å². The number of carbonyl (C=O) groups excluding carboxylic acids is 1. The van der Waals surface area contributed by atoms with E-state index in [1.165, 1.54) is 12.1 Å². The molecule has 0 radical (unpaired) electrons. The van der Waals surface area contributed by atoms with E-state index in [-0.39, 0.29) is 17.5 Å². The zero-order chi connectivity index (χ0) is 15.3.